The maximum Gasteiger partial charge on any atom is 0.263 e. The quantitative estimate of drug-likeness (QED) is 0.0819. The SMILES string of the molecule is CCC(/C=C1\Sc2ccc3ccccc3c2N1CCCS(=O)(=O)[O-])=C\c1sc2ccc3sccc3c2[n+]1CCCS(=O)(=O)[O-].CCN1/C(=C\c2ccc3cc(C)ccc3[n+]2CC)Sc2ccc(O)cc21. The highest BCUT2D eigenvalue weighted by atomic mass is 32.2. The summed E-state index contributed by atoms with van der Waals surface area (Å²) in [6, 6.07) is 35.1. The lowest BCUT2D eigenvalue weighted by molar-refractivity contribution is -0.669. The minimum atomic E-state index is -4.34. The summed E-state index contributed by atoms with van der Waals surface area (Å²) in [5.41, 5.74) is 7.89. The minimum Gasteiger partial charge on any atom is -0.748 e. The van der Waals surface area contributed by atoms with Crippen molar-refractivity contribution in [3.63, 3.8) is 0 Å². The number of aromatic hydroxyl groups is 1. The van der Waals surface area contributed by atoms with Crippen LogP contribution in [-0.4, -0.2) is 55.6 Å². The van der Waals surface area contributed by atoms with Crippen LogP contribution in [0.5, 0.6) is 5.75 Å². The number of allylic oxidation sites excluding steroid dienone is 2. The van der Waals surface area contributed by atoms with E-state index in [0.29, 0.717) is 25.3 Å². The molecule has 2 aliphatic rings. The molecule has 17 heteroatoms. The van der Waals surface area contributed by atoms with Crippen molar-refractivity contribution >= 4 is 132 Å². The zero-order valence-electron chi connectivity index (χ0n) is 39.1. The Bertz CT molecular complexity index is 3640. The van der Waals surface area contributed by atoms with E-state index in [0.717, 1.165) is 76.0 Å². The maximum absolute atomic E-state index is 11.4. The van der Waals surface area contributed by atoms with Gasteiger partial charge in [-0.15, -0.1) is 11.3 Å². The van der Waals surface area contributed by atoms with Crippen LogP contribution in [0.25, 0.3) is 54.1 Å². The van der Waals surface area contributed by atoms with Crippen molar-refractivity contribution in [3.05, 3.63) is 146 Å². The number of thiophene rings is 1. The van der Waals surface area contributed by atoms with Crippen molar-refractivity contribution in [2.75, 3.05) is 34.4 Å². The number of phenolic OH excluding ortho intramolecular Hbond substituents is 1. The second-order valence-electron chi connectivity index (χ2n) is 17.1. The number of anilines is 2. The molecular formula is C53H52N4O7S6. The summed E-state index contributed by atoms with van der Waals surface area (Å²) in [7, 11) is -8.67. The molecule has 0 spiro atoms. The Morgan fingerprint density at radius 1 is 0.743 bits per heavy atom. The van der Waals surface area contributed by atoms with Crippen LogP contribution in [0.3, 0.4) is 0 Å². The molecule has 0 amide bonds. The fourth-order valence-electron chi connectivity index (χ4n) is 9.13. The highest BCUT2D eigenvalue weighted by Gasteiger charge is 2.29. The van der Waals surface area contributed by atoms with Gasteiger partial charge < -0.3 is 24.0 Å². The predicted molar refractivity (Wildman–Crippen MR) is 289 cm³/mol. The fraction of sp³-hybridized carbons (Fsp3) is 0.245. The van der Waals surface area contributed by atoms with Gasteiger partial charge in [0.15, 0.2) is 6.54 Å². The second-order valence-corrected chi connectivity index (χ2v) is 24.2. The van der Waals surface area contributed by atoms with Crippen molar-refractivity contribution in [2.45, 2.75) is 69.8 Å². The molecule has 0 atom stereocenters. The Kier molecular flexibility index (Phi) is 14.8. The van der Waals surface area contributed by atoms with Gasteiger partial charge in [-0.3, -0.25) is 0 Å². The van der Waals surface area contributed by atoms with Crippen molar-refractivity contribution < 1.29 is 40.2 Å². The van der Waals surface area contributed by atoms with Crippen LogP contribution in [0.2, 0.25) is 0 Å². The molecule has 0 aliphatic carbocycles. The highest BCUT2D eigenvalue weighted by molar-refractivity contribution is 8.04. The standard InChI is InChI=1S/C31H30N2O6S5.C22H22N2OS/c1-2-21(20-29-33(15-6-18-44(37,38)39)31-24-13-16-40-25(24)11-12-27(31)42-29)19-28-32(14-5-17-43(34,35)36)30-23-8-4-3-7-22(23)9-10-26(30)41-28;1-4-23-17(8-7-16-12-15(3)6-10-19(16)23)13-22-24(5-2)20-14-18(25)9-11-21(20)26-22/h3-4,7-13,16,19-20H,2,5-6,14-15,17-18H2,1H3,(H-,34,35,36,37,38,39);6-14H,4-5H2,1-3H3. The zero-order valence-corrected chi connectivity index (χ0v) is 44.0. The lowest BCUT2D eigenvalue weighted by atomic mass is 10.1. The van der Waals surface area contributed by atoms with Gasteiger partial charge in [-0.05, 0) is 105 Å². The zero-order chi connectivity index (χ0) is 49.3. The number of aromatic nitrogens is 2. The topological polar surface area (TPSA) is 149 Å². The van der Waals surface area contributed by atoms with E-state index < -0.39 is 31.7 Å². The normalized spacial score (nSPS) is 15.2. The predicted octanol–water partition coefficient (Wildman–Crippen LogP) is 11.8. The van der Waals surface area contributed by atoms with Crippen LogP contribution < -0.4 is 18.9 Å². The summed E-state index contributed by atoms with van der Waals surface area (Å²) in [6.07, 6.45) is 7.61. The van der Waals surface area contributed by atoms with Gasteiger partial charge in [0.1, 0.15) is 17.0 Å². The van der Waals surface area contributed by atoms with E-state index in [-0.39, 0.29) is 12.8 Å². The van der Waals surface area contributed by atoms with Crippen LogP contribution >= 0.6 is 46.2 Å². The van der Waals surface area contributed by atoms with Crippen molar-refractivity contribution in [3.8, 4) is 5.75 Å². The smallest absolute Gasteiger partial charge is 0.263 e. The molecule has 2 aliphatic heterocycles. The molecule has 8 aromatic rings. The van der Waals surface area contributed by atoms with Crippen LogP contribution in [0.15, 0.2) is 140 Å². The minimum absolute atomic E-state index is 0.202. The number of thioether (sulfide) groups is 2. The summed E-state index contributed by atoms with van der Waals surface area (Å²) in [5, 5.41) is 19.5. The highest BCUT2D eigenvalue weighted by Crippen LogP contribution is 2.50. The van der Waals surface area contributed by atoms with Gasteiger partial charge >= 0.3 is 0 Å². The van der Waals surface area contributed by atoms with E-state index in [2.05, 4.69) is 132 Å². The molecule has 0 radical (unpaired) electrons. The van der Waals surface area contributed by atoms with E-state index in [1.54, 1.807) is 52.3 Å². The van der Waals surface area contributed by atoms with Crippen LogP contribution in [0.1, 0.15) is 56.3 Å². The van der Waals surface area contributed by atoms with Crippen LogP contribution in [0, 0.1) is 6.92 Å². The molecule has 0 unspecified atom stereocenters. The molecule has 11 nitrogen and oxygen atoms in total. The monoisotopic (exact) mass is 1050 g/mol. The van der Waals surface area contributed by atoms with Crippen LogP contribution in [-0.2, 0) is 33.3 Å². The number of rotatable bonds is 14. The Morgan fingerprint density at radius 3 is 2.26 bits per heavy atom. The van der Waals surface area contributed by atoms with Gasteiger partial charge in [-0.2, -0.15) is 9.13 Å². The van der Waals surface area contributed by atoms with Crippen molar-refractivity contribution in [1.82, 2.24) is 0 Å². The Labute approximate surface area is 425 Å². The van der Waals surface area contributed by atoms with Gasteiger partial charge in [0, 0.05) is 86.6 Å². The Balaban J connectivity index is 0.000000198. The molecule has 70 heavy (non-hydrogen) atoms. The second kappa shape index (κ2) is 20.8. The summed E-state index contributed by atoms with van der Waals surface area (Å²) in [5.74, 6) is -0.550. The molecule has 5 heterocycles. The third kappa shape index (κ3) is 10.8. The van der Waals surface area contributed by atoms with Gasteiger partial charge in [-0.1, -0.05) is 83.7 Å². The molecule has 1 N–H and O–H groups in total. The van der Waals surface area contributed by atoms with E-state index in [1.165, 1.54) is 32.1 Å². The third-order valence-corrected chi connectivity index (χ3v) is 18.1. The lowest BCUT2D eigenvalue weighted by Gasteiger charge is -2.22. The molecule has 362 valence electrons. The number of aryl methyl sites for hydroxylation is 3. The molecule has 0 saturated heterocycles. The first kappa shape index (κ1) is 49.7. The third-order valence-electron chi connectivity index (χ3n) is 12.3. The van der Waals surface area contributed by atoms with Crippen LogP contribution in [0.4, 0.5) is 11.4 Å². The van der Waals surface area contributed by atoms with Gasteiger partial charge in [0.05, 0.1) is 47.1 Å². The number of pyridine rings is 1. The average molecular weight is 1050 g/mol. The molecule has 3 aromatic heterocycles. The first-order valence-corrected chi connectivity index (χ1v) is 29.6. The van der Waals surface area contributed by atoms with E-state index in [9.17, 15) is 31.0 Å². The number of fused-ring (bicyclic) bond motifs is 8. The van der Waals surface area contributed by atoms with Crippen molar-refractivity contribution in [2.24, 2.45) is 0 Å². The Morgan fingerprint density at radius 2 is 1.49 bits per heavy atom. The molecular weight excluding hydrogens is 997 g/mol. The first-order chi connectivity index (χ1) is 33.6. The van der Waals surface area contributed by atoms with E-state index in [1.807, 2.05) is 35.7 Å². The fourth-order valence-corrected chi connectivity index (χ4v) is 14.4. The number of phenols is 1. The van der Waals surface area contributed by atoms with Crippen molar-refractivity contribution in [1.29, 1.82) is 0 Å². The van der Waals surface area contributed by atoms with Gasteiger partial charge in [0.2, 0.25) is 16.7 Å². The number of hydrogen-bond donors (Lipinski definition) is 1. The van der Waals surface area contributed by atoms with Gasteiger partial charge in [0.25, 0.3) is 5.01 Å². The molecule has 0 saturated carbocycles. The number of hydrogen-bond acceptors (Lipinski definition) is 13. The molecule has 0 bridgehead atoms. The Hall–Kier alpha value is -5.24. The number of nitrogens with zero attached hydrogens (tertiary/aromatic N) is 4. The summed E-state index contributed by atoms with van der Waals surface area (Å²) >= 11 is 6.64. The molecule has 5 aromatic carbocycles. The van der Waals surface area contributed by atoms with Gasteiger partial charge in [-0.25, -0.2) is 16.8 Å². The molecule has 0 fully saturated rings. The number of thiazole rings is 1. The number of benzene rings is 5. The lowest BCUT2D eigenvalue weighted by Crippen LogP contribution is -2.37. The summed E-state index contributed by atoms with van der Waals surface area (Å²) in [6.45, 7) is 11.1. The average Bonchev–Trinajstić information content (AvgIpc) is 4.11. The first-order valence-electron chi connectivity index (χ1n) is 23.1. The maximum atomic E-state index is 11.4. The largest absolute Gasteiger partial charge is 0.748 e. The summed E-state index contributed by atoms with van der Waals surface area (Å²) in [4.78, 5) is 6.63. The summed E-state index contributed by atoms with van der Waals surface area (Å²) < 4.78 is 75.1. The van der Waals surface area contributed by atoms with E-state index >= 15 is 0 Å². The van der Waals surface area contributed by atoms with E-state index in [4.69, 9.17) is 0 Å². The molecule has 10 rings (SSSR count).